The van der Waals surface area contributed by atoms with E-state index in [-0.39, 0.29) is 0 Å². The van der Waals surface area contributed by atoms with Crippen LogP contribution >= 0.6 is 0 Å². The van der Waals surface area contributed by atoms with Crippen LogP contribution in [0, 0.1) is 41.5 Å². The molecule has 2 aromatic heterocycles. The Morgan fingerprint density at radius 1 is 0.237 bits per heavy atom. The maximum Gasteiger partial charge on any atom is 0.227 e. The molecule has 14 rings (SSSR count). The van der Waals surface area contributed by atoms with Gasteiger partial charge in [-0.2, -0.15) is 0 Å². The fourth-order valence-corrected chi connectivity index (χ4v) is 11.5. The van der Waals surface area contributed by atoms with E-state index < -0.39 is 0 Å². The lowest BCUT2D eigenvalue weighted by molar-refractivity contribution is 0.616. The van der Waals surface area contributed by atoms with E-state index in [2.05, 4.69) is 260 Å². The lowest BCUT2D eigenvalue weighted by Gasteiger charge is -2.17. The van der Waals surface area contributed by atoms with Gasteiger partial charge in [0.05, 0.1) is 0 Å². The van der Waals surface area contributed by atoms with Crippen molar-refractivity contribution in [2.75, 3.05) is 0 Å². The molecule has 0 N–H and O–H groups in total. The third kappa shape index (κ3) is 7.76. The highest BCUT2D eigenvalue weighted by molar-refractivity contribution is 6.22. The van der Waals surface area contributed by atoms with Gasteiger partial charge in [0.15, 0.2) is 11.2 Å². The third-order valence-corrected chi connectivity index (χ3v) is 15.8. The third-order valence-electron chi connectivity index (χ3n) is 15.8. The van der Waals surface area contributed by atoms with Crippen LogP contribution in [0.2, 0.25) is 0 Å². The molecule has 76 heavy (non-hydrogen) atoms. The average Bonchev–Trinajstić information content (AvgIpc) is 4.16. The van der Waals surface area contributed by atoms with Gasteiger partial charge in [-0.3, -0.25) is 0 Å². The molecule has 0 saturated heterocycles. The zero-order valence-corrected chi connectivity index (χ0v) is 43.5. The van der Waals surface area contributed by atoms with Crippen LogP contribution in [0.25, 0.3) is 133 Å². The second-order valence-corrected chi connectivity index (χ2v) is 20.2. The van der Waals surface area contributed by atoms with Crippen LogP contribution < -0.4 is 0 Å². The molecule has 0 unspecified atom stereocenters. The monoisotopic (exact) mass is 978 g/mol. The van der Waals surface area contributed by atoms with Gasteiger partial charge in [-0.05, 0) is 187 Å². The number of aryl methyl sites for hydroxylation is 4. The zero-order valence-electron chi connectivity index (χ0n) is 43.5. The van der Waals surface area contributed by atoms with Crippen LogP contribution in [0.4, 0.5) is 0 Å². The number of oxazole rings is 2. The standard InChI is InChI=1S/C37H29NO.C35H25NO/c1-22-23(2)25(4)36-35(24(22)3)38-37(39-36)28-20-18-27(19-21-28)34-31-16-10-8-14-29(31)33(26-12-6-5-7-13-26)30-15-9-11-17-32(30)34;1-22-16-17-23(2)34-33(22)36-35(37-34)26-20-18-25(19-21-26)32-29-14-8-6-12-27(29)31(24-10-4-3-5-11-24)28-13-7-9-15-30(28)32/h5-21H,1-4H3;3-21H,1-2H3. The minimum Gasteiger partial charge on any atom is -0.436 e. The van der Waals surface area contributed by atoms with Crippen LogP contribution in [0.3, 0.4) is 0 Å². The van der Waals surface area contributed by atoms with E-state index in [0.717, 1.165) is 44.5 Å². The zero-order chi connectivity index (χ0) is 51.6. The van der Waals surface area contributed by atoms with Gasteiger partial charge in [-0.25, -0.2) is 9.97 Å². The molecule has 0 aliphatic carbocycles. The summed E-state index contributed by atoms with van der Waals surface area (Å²) in [5.74, 6) is 1.33. The molecule has 0 aliphatic rings. The van der Waals surface area contributed by atoms with Crippen molar-refractivity contribution < 1.29 is 8.83 Å². The van der Waals surface area contributed by atoms with E-state index in [4.69, 9.17) is 18.8 Å². The first-order valence-corrected chi connectivity index (χ1v) is 26.1. The Morgan fingerprint density at radius 2 is 0.526 bits per heavy atom. The first-order valence-electron chi connectivity index (χ1n) is 26.1. The summed E-state index contributed by atoms with van der Waals surface area (Å²) in [6, 6.07) is 77.9. The van der Waals surface area contributed by atoms with E-state index >= 15 is 0 Å². The molecule has 4 heteroatoms. The minimum atomic E-state index is 0.660. The number of aromatic nitrogens is 2. The number of benzene rings is 12. The van der Waals surface area contributed by atoms with Crippen molar-refractivity contribution in [3.63, 3.8) is 0 Å². The van der Waals surface area contributed by atoms with Crippen LogP contribution in [0.5, 0.6) is 0 Å². The predicted molar refractivity (Wildman–Crippen MR) is 319 cm³/mol. The van der Waals surface area contributed by atoms with Gasteiger partial charge in [0.25, 0.3) is 0 Å². The second-order valence-electron chi connectivity index (χ2n) is 20.2. The molecule has 0 bridgehead atoms. The molecule has 2 heterocycles. The molecule has 14 aromatic rings. The van der Waals surface area contributed by atoms with Gasteiger partial charge in [0.2, 0.25) is 11.8 Å². The molecule has 0 spiro atoms. The Kier molecular flexibility index (Phi) is 11.5. The fraction of sp³-hybridized carbons (Fsp3) is 0.0833. The highest BCUT2D eigenvalue weighted by Crippen LogP contribution is 2.46. The first kappa shape index (κ1) is 46.4. The first-order chi connectivity index (χ1) is 37.2. The predicted octanol–water partition coefficient (Wildman–Crippen LogP) is 20.1. The average molecular weight is 979 g/mol. The molecule has 0 radical (unpaired) electrons. The van der Waals surface area contributed by atoms with Crippen molar-refractivity contribution in [1.82, 2.24) is 9.97 Å². The summed E-state index contributed by atoms with van der Waals surface area (Å²) in [4.78, 5) is 9.75. The van der Waals surface area contributed by atoms with Crippen molar-refractivity contribution in [1.29, 1.82) is 0 Å². The van der Waals surface area contributed by atoms with Gasteiger partial charge in [0, 0.05) is 11.1 Å². The number of fused-ring (bicyclic) bond motifs is 6. The van der Waals surface area contributed by atoms with E-state index in [1.54, 1.807) is 0 Å². The maximum absolute atomic E-state index is 6.34. The lowest BCUT2D eigenvalue weighted by Crippen LogP contribution is -1.92. The molecule has 0 aliphatic heterocycles. The summed E-state index contributed by atoms with van der Waals surface area (Å²) in [5, 5.41) is 10.0. The van der Waals surface area contributed by atoms with Gasteiger partial charge >= 0.3 is 0 Å². The van der Waals surface area contributed by atoms with E-state index in [1.807, 2.05) is 0 Å². The van der Waals surface area contributed by atoms with Crippen molar-refractivity contribution in [2.24, 2.45) is 0 Å². The number of hydrogen-bond donors (Lipinski definition) is 0. The van der Waals surface area contributed by atoms with Gasteiger partial charge in [-0.15, -0.1) is 0 Å². The topological polar surface area (TPSA) is 52.1 Å². The highest BCUT2D eigenvalue weighted by Gasteiger charge is 2.21. The number of hydrogen-bond acceptors (Lipinski definition) is 4. The molecule has 364 valence electrons. The summed E-state index contributed by atoms with van der Waals surface area (Å²) >= 11 is 0. The maximum atomic E-state index is 6.34. The minimum absolute atomic E-state index is 0.660. The molecule has 12 aromatic carbocycles. The molecular weight excluding hydrogens is 925 g/mol. The summed E-state index contributed by atoms with van der Waals surface area (Å²) < 4.78 is 12.5. The SMILES string of the molecule is Cc1c(C)c(C)c2oc(-c3ccc(-c4c5ccccc5c(-c5ccccc5)c5ccccc45)cc3)nc2c1C.Cc1ccc(C)c2oc(-c3ccc(-c4c5ccccc5c(-c5ccccc5)c5ccccc45)cc3)nc12. The normalized spacial score (nSPS) is 11.6. The molecule has 0 saturated carbocycles. The van der Waals surface area contributed by atoms with E-state index in [0.29, 0.717) is 11.8 Å². The van der Waals surface area contributed by atoms with Crippen LogP contribution in [-0.2, 0) is 0 Å². The van der Waals surface area contributed by atoms with E-state index in [9.17, 15) is 0 Å². The molecule has 0 fully saturated rings. The van der Waals surface area contributed by atoms with Crippen molar-refractivity contribution in [3.8, 4) is 67.4 Å². The summed E-state index contributed by atoms with van der Waals surface area (Å²) in [6.45, 7) is 12.7. The Balaban J connectivity index is 0.000000146. The van der Waals surface area contributed by atoms with Crippen molar-refractivity contribution in [3.05, 3.63) is 252 Å². The van der Waals surface area contributed by atoms with Gasteiger partial charge < -0.3 is 8.83 Å². The quantitative estimate of drug-likeness (QED) is 0.156. The van der Waals surface area contributed by atoms with Crippen LogP contribution in [-0.4, -0.2) is 9.97 Å². The summed E-state index contributed by atoms with van der Waals surface area (Å²) in [7, 11) is 0. The number of nitrogens with zero attached hydrogens (tertiary/aromatic N) is 2. The largest absolute Gasteiger partial charge is 0.436 e. The van der Waals surface area contributed by atoms with E-state index in [1.165, 1.54) is 110 Å². The van der Waals surface area contributed by atoms with Gasteiger partial charge in [-0.1, -0.05) is 194 Å². The Labute approximate surface area is 442 Å². The Morgan fingerprint density at radius 3 is 0.895 bits per heavy atom. The van der Waals surface area contributed by atoms with Gasteiger partial charge in [0.1, 0.15) is 11.0 Å². The summed E-state index contributed by atoms with van der Waals surface area (Å²) in [5.41, 5.74) is 22.7. The molecular formula is C72H54N2O2. The van der Waals surface area contributed by atoms with Crippen LogP contribution in [0.15, 0.2) is 227 Å². The number of rotatable bonds is 6. The molecule has 0 atom stereocenters. The van der Waals surface area contributed by atoms with Crippen molar-refractivity contribution in [2.45, 2.75) is 41.5 Å². The molecule has 0 amide bonds. The smallest absolute Gasteiger partial charge is 0.227 e. The Bertz CT molecular complexity index is 4350. The Hall–Kier alpha value is -9.38. The van der Waals surface area contributed by atoms with Crippen LogP contribution in [0.1, 0.15) is 33.4 Å². The van der Waals surface area contributed by atoms with Crippen molar-refractivity contribution >= 4 is 65.3 Å². The lowest BCUT2D eigenvalue weighted by atomic mass is 9.86. The highest BCUT2D eigenvalue weighted by atomic mass is 16.4. The second kappa shape index (κ2) is 18.8. The summed E-state index contributed by atoms with van der Waals surface area (Å²) in [6.07, 6.45) is 0. The fourth-order valence-electron chi connectivity index (χ4n) is 11.5. The molecule has 4 nitrogen and oxygen atoms in total.